The number of aromatic amines is 1. The molecule has 0 aromatic carbocycles. The molecule has 96 valence electrons. The number of rotatable bonds is 3. The molecule has 0 saturated heterocycles. The van der Waals surface area contributed by atoms with Gasteiger partial charge < -0.3 is 5.73 Å². The summed E-state index contributed by atoms with van der Waals surface area (Å²) in [5.41, 5.74) is 5.42. The molecule has 0 spiro atoms. The SMILES string of the molecule is Nc1[nH]ncc1S(=O)(=O)Nc1cc(Cl)nc(Cl)n1. The van der Waals surface area contributed by atoms with Gasteiger partial charge >= 0.3 is 0 Å². The van der Waals surface area contributed by atoms with Crippen molar-refractivity contribution in [2.75, 3.05) is 10.5 Å². The Morgan fingerprint density at radius 1 is 1.33 bits per heavy atom. The summed E-state index contributed by atoms with van der Waals surface area (Å²) >= 11 is 11.2. The van der Waals surface area contributed by atoms with Gasteiger partial charge in [-0.1, -0.05) is 11.6 Å². The fourth-order valence-electron chi connectivity index (χ4n) is 1.13. The van der Waals surface area contributed by atoms with Crippen LogP contribution in [-0.2, 0) is 10.0 Å². The molecule has 0 bridgehead atoms. The zero-order valence-electron chi connectivity index (χ0n) is 8.55. The average molecular weight is 309 g/mol. The molecular weight excluding hydrogens is 303 g/mol. The maximum absolute atomic E-state index is 11.9. The minimum atomic E-state index is -3.91. The molecule has 2 aromatic rings. The zero-order valence-corrected chi connectivity index (χ0v) is 10.9. The molecule has 8 nitrogen and oxygen atoms in total. The Hall–Kier alpha value is -1.58. The maximum Gasteiger partial charge on any atom is 0.268 e. The molecule has 11 heteroatoms. The Kier molecular flexibility index (Phi) is 3.28. The van der Waals surface area contributed by atoms with E-state index in [0.717, 1.165) is 6.20 Å². The number of hydrogen-bond acceptors (Lipinski definition) is 6. The van der Waals surface area contributed by atoms with Crippen LogP contribution in [-0.4, -0.2) is 28.6 Å². The molecule has 0 unspecified atom stereocenters. The van der Waals surface area contributed by atoms with Crippen molar-refractivity contribution in [3.05, 3.63) is 22.7 Å². The van der Waals surface area contributed by atoms with Crippen molar-refractivity contribution in [3.8, 4) is 0 Å². The second kappa shape index (κ2) is 4.59. The number of H-pyrrole nitrogens is 1. The van der Waals surface area contributed by atoms with Gasteiger partial charge in [-0.05, 0) is 11.6 Å². The van der Waals surface area contributed by atoms with Crippen LogP contribution in [0.5, 0.6) is 0 Å². The lowest BCUT2D eigenvalue weighted by Crippen LogP contribution is -2.15. The highest BCUT2D eigenvalue weighted by molar-refractivity contribution is 7.92. The molecular formula is C7H6Cl2N6O2S. The standard InChI is InChI=1S/C7H6Cl2N6O2S/c8-4-1-5(13-7(9)12-4)15-18(16,17)3-2-11-14-6(3)10/h1-2H,(H3,10,11,14)(H,12,13,15). The van der Waals surface area contributed by atoms with Crippen LogP contribution >= 0.6 is 23.2 Å². The lowest BCUT2D eigenvalue weighted by molar-refractivity contribution is 0.601. The Balaban J connectivity index is 2.37. The molecule has 2 heterocycles. The number of nitrogens with zero attached hydrogens (tertiary/aromatic N) is 3. The van der Waals surface area contributed by atoms with Crippen molar-refractivity contribution in [3.63, 3.8) is 0 Å². The van der Waals surface area contributed by atoms with Gasteiger partial charge in [-0.3, -0.25) is 9.82 Å². The van der Waals surface area contributed by atoms with Gasteiger partial charge in [0.1, 0.15) is 21.7 Å². The van der Waals surface area contributed by atoms with E-state index in [1.54, 1.807) is 0 Å². The Morgan fingerprint density at radius 3 is 2.61 bits per heavy atom. The molecule has 2 aromatic heterocycles. The number of nitrogens with two attached hydrogens (primary N) is 1. The summed E-state index contributed by atoms with van der Waals surface area (Å²) < 4.78 is 26.0. The number of hydrogen-bond donors (Lipinski definition) is 3. The summed E-state index contributed by atoms with van der Waals surface area (Å²) in [7, 11) is -3.91. The van der Waals surface area contributed by atoms with Crippen molar-refractivity contribution in [1.29, 1.82) is 0 Å². The lowest BCUT2D eigenvalue weighted by Gasteiger charge is -2.06. The van der Waals surface area contributed by atoms with Gasteiger partial charge in [0.15, 0.2) is 0 Å². The van der Waals surface area contributed by atoms with E-state index in [-0.39, 0.29) is 27.0 Å². The Morgan fingerprint density at radius 2 is 2.06 bits per heavy atom. The third-order valence-corrected chi connectivity index (χ3v) is 3.57. The van der Waals surface area contributed by atoms with Gasteiger partial charge in [0.2, 0.25) is 5.28 Å². The lowest BCUT2D eigenvalue weighted by atomic mass is 10.6. The van der Waals surface area contributed by atoms with Gasteiger partial charge in [0, 0.05) is 6.07 Å². The number of halogens is 2. The van der Waals surface area contributed by atoms with Crippen molar-refractivity contribution in [2.45, 2.75) is 4.90 Å². The third-order valence-electron chi connectivity index (χ3n) is 1.83. The molecule has 2 rings (SSSR count). The van der Waals surface area contributed by atoms with E-state index < -0.39 is 10.0 Å². The molecule has 0 saturated carbocycles. The van der Waals surface area contributed by atoms with E-state index in [1.165, 1.54) is 6.07 Å². The summed E-state index contributed by atoms with van der Waals surface area (Å²) in [6.07, 6.45) is 1.07. The number of nitrogen functional groups attached to an aromatic ring is 1. The van der Waals surface area contributed by atoms with Crippen LogP contribution in [0.1, 0.15) is 0 Å². The summed E-state index contributed by atoms with van der Waals surface area (Å²) in [5.74, 6) is -0.158. The van der Waals surface area contributed by atoms with E-state index in [9.17, 15) is 8.42 Å². The van der Waals surface area contributed by atoms with Crippen molar-refractivity contribution in [1.82, 2.24) is 20.2 Å². The first-order valence-corrected chi connectivity index (χ1v) is 6.64. The molecule has 4 N–H and O–H groups in total. The molecule has 18 heavy (non-hydrogen) atoms. The van der Waals surface area contributed by atoms with Gasteiger partial charge in [0.25, 0.3) is 10.0 Å². The number of anilines is 2. The van der Waals surface area contributed by atoms with Gasteiger partial charge in [0.05, 0.1) is 6.20 Å². The van der Waals surface area contributed by atoms with Gasteiger partial charge in [-0.15, -0.1) is 0 Å². The molecule has 0 aliphatic heterocycles. The van der Waals surface area contributed by atoms with E-state index >= 15 is 0 Å². The van der Waals surface area contributed by atoms with E-state index in [4.69, 9.17) is 28.9 Å². The summed E-state index contributed by atoms with van der Waals surface area (Å²) in [5, 5.41) is 5.64. The topological polar surface area (TPSA) is 127 Å². The monoisotopic (exact) mass is 308 g/mol. The second-order valence-corrected chi connectivity index (χ2v) is 5.47. The largest absolute Gasteiger partial charge is 0.383 e. The van der Waals surface area contributed by atoms with Crippen LogP contribution in [0.2, 0.25) is 10.4 Å². The van der Waals surface area contributed by atoms with E-state index in [0.29, 0.717) is 0 Å². The first-order chi connectivity index (χ1) is 8.38. The van der Waals surface area contributed by atoms with Gasteiger partial charge in [-0.2, -0.15) is 10.1 Å². The molecule has 0 atom stereocenters. The number of aromatic nitrogens is 4. The summed E-state index contributed by atoms with van der Waals surface area (Å²) in [6, 6.07) is 1.21. The second-order valence-electron chi connectivity index (χ2n) is 3.10. The summed E-state index contributed by atoms with van der Waals surface area (Å²) in [6.45, 7) is 0. The quantitative estimate of drug-likeness (QED) is 0.571. The highest BCUT2D eigenvalue weighted by atomic mass is 35.5. The predicted molar refractivity (Wildman–Crippen MR) is 65.9 cm³/mol. The normalized spacial score (nSPS) is 11.4. The molecule has 0 aliphatic rings. The smallest absolute Gasteiger partial charge is 0.268 e. The fraction of sp³-hybridized carbons (Fsp3) is 0. The first kappa shape index (κ1) is 12.9. The van der Waals surface area contributed by atoms with Gasteiger partial charge in [-0.25, -0.2) is 13.4 Å². The van der Waals surface area contributed by atoms with Crippen molar-refractivity contribution >= 4 is 44.9 Å². The van der Waals surface area contributed by atoms with Crippen LogP contribution < -0.4 is 10.5 Å². The maximum atomic E-state index is 11.9. The minimum absolute atomic E-state index is 0.00728. The molecule has 0 aliphatic carbocycles. The minimum Gasteiger partial charge on any atom is -0.383 e. The summed E-state index contributed by atoms with van der Waals surface area (Å²) in [4.78, 5) is 7.05. The first-order valence-electron chi connectivity index (χ1n) is 4.40. The molecule has 0 radical (unpaired) electrons. The number of sulfonamides is 1. The Labute approximate surface area is 112 Å². The van der Waals surface area contributed by atoms with Crippen LogP contribution in [0, 0.1) is 0 Å². The third kappa shape index (κ3) is 2.63. The molecule has 0 fully saturated rings. The van der Waals surface area contributed by atoms with E-state index in [2.05, 4.69) is 24.9 Å². The average Bonchev–Trinajstić information content (AvgIpc) is 2.62. The van der Waals surface area contributed by atoms with Crippen molar-refractivity contribution in [2.24, 2.45) is 0 Å². The van der Waals surface area contributed by atoms with E-state index in [1.807, 2.05) is 0 Å². The van der Waals surface area contributed by atoms with Crippen LogP contribution in [0.3, 0.4) is 0 Å². The Bertz CT molecular complexity index is 665. The zero-order chi connectivity index (χ0) is 13.3. The van der Waals surface area contributed by atoms with Crippen LogP contribution in [0.15, 0.2) is 17.2 Å². The van der Waals surface area contributed by atoms with Crippen LogP contribution in [0.4, 0.5) is 11.6 Å². The van der Waals surface area contributed by atoms with Crippen LogP contribution in [0.25, 0.3) is 0 Å². The van der Waals surface area contributed by atoms with Crippen molar-refractivity contribution < 1.29 is 8.42 Å². The number of nitrogens with one attached hydrogen (secondary N) is 2. The molecule has 0 amide bonds. The predicted octanol–water partition coefficient (Wildman–Crippen LogP) is 0.889. The highest BCUT2D eigenvalue weighted by Crippen LogP contribution is 2.20. The highest BCUT2D eigenvalue weighted by Gasteiger charge is 2.20. The fourth-order valence-corrected chi connectivity index (χ4v) is 2.56.